The Morgan fingerprint density at radius 1 is 0.964 bits per heavy atom. The molecule has 0 aliphatic carbocycles. The molecule has 3 fully saturated rings. The van der Waals surface area contributed by atoms with Crippen molar-refractivity contribution in [1.29, 1.82) is 0 Å². The minimum atomic E-state index is -0.435. The van der Waals surface area contributed by atoms with Gasteiger partial charge in [-0.2, -0.15) is 0 Å². The molecule has 0 spiro atoms. The maximum Gasteiger partial charge on any atom is 0.253 e. The van der Waals surface area contributed by atoms with Crippen molar-refractivity contribution in [3.63, 3.8) is 0 Å². The second-order valence-corrected chi connectivity index (χ2v) is 8.28. The van der Waals surface area contributed by atoms with Crippen LogP contribution in [0.4, 0.5) is 5.69 Å². The molecule has 144 valence electrons. The Morgan fingerprint density at radius 3 is 2.39 bits per heavy atom. The van der Waals surface area contributed by atoms with Gasteiger partial charge in [0.25, 0.3) is 5.91 Å². The molecule has 0 aromatic heterocycles. The molecule has 0 unspecified atom stereocenters. The van der Waals surface area contributed by atoms with Crippen molar-refractivity contribution < 1.29 is 14.3 Å². The van der Waals surface area contributed by atoms with Crippen LogP contribution in [0.25, 0.3) is 0 Å². The van der Waals surface area contributed by atoms with Gasteiger partial charge in [-0.3, -0.25) is 9.59 Å². The number of benzene rings is 2. The number of methoxy groups -OCH3 is 1. The van der Waals surface area contributed by atoms with Gasteiger partial charge in [-0.25, -0.2) is 14.9 Å². The maximum absolute atomic E-state index is 13.5. The summed E-state index contributed by atoms with van der Waals surface area (Å²) >= 11 is 3.48. The van der Waals surface area contributed by atoms with Gasteiger partial charge in [0.1, 0.15) is 11.8 Å². The Kier molecular flexibility index (Phi) is 4.26. The summed E-state index contributed by atoms with van der Waals surface area (Å²) in [5, 5.41) is 4.33. The Balaban J connectivity index is 1.57. The Bertz CT molecular complexity index is 948. The number of amides is 2. The van der Waals surface area contributed by atoms with Gasteiger partial charge in [-0.15, -0.1) is 0 Å². The highest BCUT2D eigenvalue weighted by atomic mass is 79.9. The summed E-state index contributed by atoms with van der Waals surface area (Å²) < 4.78 is 6.27. The number of hydrogen-bond acceptors (Lipinski definition) is 5. The lowest BCUT2D eigenvalue weighted by atomic mass is 9.90. The zero-order chi connectivity index (χ0) is 19.4. The third kappa shape index (κ3) is 2.53. The SMILES string of the molecule is COc1cccc(N2C(=O)[C@H]3[C@H](C2=O)N2CCCN2[C@H]3c2ccc(Br)cc2)c1. The topological polar surface area (TPSA) is 53.1 Å². The number of imide groups is 1. The van der Waals surface area contributed by atoms with Crippen LogP contribution in [0.2, 0.25) is 0 Å². The molecule has 3 atom stereocenters. The summed E-state index contributed by atoms with van der Waals surface area (Å²) in [4.78, 5) is 28.2. The highest BCUT2D eigenvalue weighted by Crippen LogP contribution is 2.49. The summed E-state index contributed by atoms with van der Waals surface area (Å²) in [7, 11) is 1.58. The number of anilines is 1. The van der Waals surface area contributed by atoms with Crippen molar-refractivity contribution in [1.82, 2.24) is 10.0 Å². The van der Waals surface area contributed by atoms with Gasteiger partial charge in [-0.05, 0) is 36.2 Å². The lowest BCUT2D eigenvalue weighted by Gasteiger charge is -2.29. The van der Waals surface area contributed by atoms with E-state index in [-0.39, 0.29) is 17.9 Å². The molecule has 0 saturated carbocycles. The van der Waals surface area contributed by atoms with E-state index in [1.165, 1.54) is 4.90 Å². The fourth-order valence-corrected chi connectivity index (χ4v) is 5.04. The highest BCUT2D eigenvalue weighted by Gasteiger charge is 2.62. The molecule has 2 aromatic rings. The Morgan fingerprint density at radius 2 is 1.68 bits per heavy atom. The van der Waals surface area contributed by atoms with Gasteiger partial charge in [-0.1, -0.05) is 34.1 Å². The van der Waals surface area contributed by atoms with E-state index in [0.717, 1.165) is 29.5 Å². The van der Waals surface area contributed by atoms with Crippen LogP contribution in [0.3, 0.4) is 0 Å². The molecular weight excluding hydrogens is 422 g/mol. The van der Waals surface area contributed by atoms with Crippen LogP contribution in [-0.2, 0) is 9.59 Å². The van der Waals surface area contributed by atoms with Gasteiger partial charge in [0.05, 0.1) is 24.8 Å². The molecule has 5 rings (SSSR count). The number of nitrogens with zero attached hydrogens (tertiary/aromatic N) is 3. The minimum absolute atomic E-state index is 0.118. The molecule has 0 N–H and O–H groups in total. The quantitative estimate of drug-likeness (QED) is 0.685. The van der Waals surface area contributed by atoms with E-state index in [2.05, 4.69) is 25.9 Å². The van der Waals surface area contributed by atoms with Crippen LogP contribution in [0.15, 0.2) is 53.0 Å². The van der Waals surface area contributed by atoms with Crippen molar-refractivity contribution >= 4 is 33.4 Å². The van der Waals surface area contributed by atoms with E-state index < -0.39 is 12.0 Å². The minimum Gasteiger partial charge on any atom is -0.497 e. The second-order valence-electron chi connectivity index (χ2n) is 7.36. The predicted molar refractivity (Wildman–Crippen MR) is 108 cm³/mol. The maximum atomic E-state index is 13.5. The van der Waals surface area contributed by atoms with Crippen LogP contribution in [0.1, 0.15) is 18.0 Å². The fraction of sp³-hybridized carbons (Fsp3) is 0.333. The highest BCUT2D eigenvalue weighted by molar-refractivity contribution is 9.10. The molecule has 3 saturated heterocycles. The number of rotatable bonds is 3. The predicted octanol–water partition coefficient (Wildman–Crippen LogP) is 2.99. The van der Waals surface area contributed by atoms with E-state index in [1.54, 1.807) is 25.3 Å². The van der Waals surface area contributed by atoms with Gasteiger partial charge in [0.2, 0.25) is 5.91 Å². The average Bonchev–Trinajstić information content (AvgIpc) is 3.35. The van der Waals surface area contributed by atoms with Crippen molar-refractivity contribution in [2.45, 2.75) is 18.5 Å². The standard InChI is InChI=1S/C21H20BrN3O3/c1-28-16-5-2-4-15(12-16)25-20(26)17-18(13-6-8-14(22)9-7-13)23-10-3-11-24(23)19(17)21(25)27/h2,4-9,12,17-19H,3,10-11H2,1H3/t17-,18+,19-/m1/s1. The number of hydrogen-bond donors (Lipinski definition) is 0. The molecule has 7 heteroatoms. The first-order chi connectivity index (χ1) is 13.6. The second kappa shape index (κ2) is 6.69. The van der Waals surface area contributed by atoms with Crippen molar-refractivity contribution in [3.05, 3.63) is 58.6 Å². The van der Waals surface area contributed by atoms with Crippen molar-refractivity contribution in [2.75, 3.05) is 25.1 Å². The number of carbonyl (C=O) groups is 2. The largest absolute Gasteiger partial charge is 0.497 e. The molecule has 2 aromatic carbocycles. The first-order valence-corrected chi connectivity index (χ1v) is 10.2. The molecule has 3 heterocycles. The lowest BCUT2D eigenvalue weighted by Crippen LogP contribution is -2.44. The van der Waals surface area contributed by atoms with Crippen LogP contribution in [0.5, 0.6) is 5.75 Å². The zero-order valence-corrected chi connectivity index (χ0v) is 17.0. The summed E-state index contributed by atoms with van der Waals surface area (Å²) in [6.07, 6.45) is 0.997. The average molecular weight is 442 g/mol. The normalized spacial score (nSPS) is 27.4. The third-order valence-electron chi connectivity index (χ3n) is 5.93. The fourth-order valence-electron chi connectivity index (χ4n) is 4.78. The van der Waals surface area contributed by atoms with Gasteiger partial charge >= 0.3 is 0 Å². The van der Waals surface area contributed by atoms with Crippen molar-refractivity contribution in [3.8, 4) is 5.75 Å². The summed E-state index contributed by atoms with van der Waals surface area (Å²) in [6, 6.07) is 14.7. The Labute approximate surface area is 171 Å². The van der Waals surface area contributed by atoms with E-state index in [1.807, 2.05) is 30.3 Å². The molecule has 0 radical (unpaired) electrons. The number of halogens is 1. The molecular formula is C21H20BrN3O3. The van der Waals surface area contributed by atoms with Crippen molar-refractivity contribution in [2.24, 2.45) is 5.92 Å². The summed E-state index contributed by atoms with van der Waals surface area (Å²) in [5.74, 6) is -0.0528. The molecule has 6 nitrogen and oxygen atoms in total. The van der Waals surface area contributed by atoms with Crippen LogP contribution < -0.4 is 9.64 Å². The number of hydrazine groups is 1. The van der Waals surface area contributed by atoms with Gasteiger partial charge in [0, 0.05) is 23.6 Å². The lowest BCUT2D eigenvalue weighted by molar-refractivity contribution is -0.126. The number of ether oxygens (including phenoxy) is 1. The van der Waals surface area contributed by atoms with Crippen LogP contribution >= 0.6 is 15.9 Å². The van der Waals surface area contributed by atoms with Crippen LogP contribution in [0, 0.1) is 5.92 Å². The van der Waals surface area contributed by atoms with E-state index >= 15 is 0 Å². The van der Waals surface area contributed by atoms with E-state index in [0.29, 0.717) is 11.4 Å². The molecule has 2 amide bonds. The zero-order valence-electron chi connectivity index (χ0n) is 15.4. The van der Waals surface area contributed by atoms with Gasteiger partial charge in [0.15, 0.2) is 0 Å². The smallest absolute Gasteiger partial charge is 0.253 e. The molecule has 3 aliphatic heterocycles. The van der Waals surface area contributed by atoms with E-state index in [9.17, 15) is 9.59 Å². The van der Waals surface area contributed by atoms with Crippen LogP contribution in [-0.4, -0.2) is 48.1 Å². The number of fused-ring (bicyclic) bond motifs is 3. The van der Waals surface area contributed by atoms with Gasteiger partial charge < -0.3 is 4.74 Å². The molecule has 0 bridgehead atoms. The Hall–Kier alpha value is -2.22. The molecule has 28 heavy (non-hydrogen) atoms. The van der Waals surface area contributed by atoms with E-state index in [4.69, 9.17) is 4.74 Å². The first kappa shape index (κ1) is 17.8. The summed E-state index contributed by atoms with van der Waals surface area (Å²) in [6.45, 7) is 1.67. The monoisotopic (exact) mass is 441 g/mol. The molecule has 3 aliphatic rings. The summed E-state index contributed by atoms with van der Waals surface area (Å²) in [5.41, 5.74) is 1.64. The first-order valence-electron chi connectivity index (χ1n) is 9.40. The number of carbonyl (C=O) groups excluding carboxylic acids is 2. The third-order valence-corrected chi connectivity index (χ3v) is 6.46.